The first-order valence-corrected chi connectivity index (χ1v) is 15.4. The van der Waals surface area contributed by atoms with Gasteiger partial charge in [0.15, 0.2) is 5.82 Å². The van der Waals surface area contributed by atoms with E-state index in [1.165, 1.54) is 25.3 Å². The van der Waals surface area contributed by atoms with Crippen LogP contribution in [-0.2, 0) is 10.7 Å². The summed E-state index contributed by atoms with van der Waals surface area (Å²) in [6.45, 7) is 14.0. The lowest BCUT2D eigenvalue weighted by atomic mass is 9.89. The van der Waals surface area contributed by atoms with Gasteiger partial charge in [0.05, 0.1) is 24.3 Å². The Morgan fingerprint density at radius 1 is 1.23 bits per heavy atom. The highest BCUT2D eigenvalue weighted by atomic mass is 19.3. The smallest absolute Gasteiger partial charge is 0.276 e. The number of piperidine rings is 1. The summed E-state index contributed by atoms with van der Waals surface area (Å²) in [5.41, 5.74) is 0.920. The highest BCUT2D eigenvalue weighted by molar-refractivity contribution is 6.03. The number of pyridine rings is 1. The molecule has 0 spiro atoms. The third kappa shape index (κ3) is 7.25. The third-order valence-electron chi connectivity index (χ3n) is 9.02. The van der Waals surface area contributed by atoms with Crippen molar-refractivity contribution in [2.24, 2.45) is 15.9 Å². The van der Waals surface area contributed by atoms with Gasteiger partial charge in [0, 0.05) is 63.7 Å². The fraction of sp³-hybridized carbons (Fsp3) is 0.576. The Kier molecular flexibility index (Phi) is 10.7. The van der Waals surface area contributed by atoms with Gasteiger partial charge in [-0.25, -0.2) is 18.2 Å². The van der Waals surface area contributed by atoms with Crippen molar-refractivity contribution in [3.8, 4) is 5.88 Å². The standard InChI is InChI=1S/C33H45F3N6O2/c1-20(2)42-18-23(19-42)11-14-33(35,36)28-10-8-9-25(29(28)34)21(3)39-30(37-5)27-17-26(32(44-7)40-31(27)38-6)24-12-15-41(16-13-24)22(4)43/h8-10,17,20-21,23-24H,6,11-16,18-19H2,1-5,7H3,(H,37,39)/t21-/m1/s1. The van der Waals surface area contributed by atoms with Crippen molar-refractivity contribution in [1.29, 1.82) is 0 Å². The largest absolute Gasteiger partial charge is 0.481 e. The zero-order valence-electron chi connectivity index (χ0n) is 26.7. The van der Waals surface area contributed by atoms with Crippen LogP contribution in [0.1, 0.15) is 87.6 Å². The van der Waals surface area contributed by atoms with Gasteiger partial charge in [-0.3, -0.25) is 9.79 Å². The zero-order valence-corrected chi connectivity index (χ0v) is 26.7. The van der Waals surface area contributed by atoms with Crippen molar-refractivity contribution in [3.63, 3.8) is 0 Å². The number of methoxy groups -OCH3 is 1. The molecule has 0 radical (unpaired) electrons. The van der Waals surface area contributed by atoms with E-state index in [1.807, 2.05) is 11.0 Å². The molecule has 3 heterocycles. The lowest BCUT2D eigenvalue weighted by Crippen LogP contribution is -2.50. The fourth-order valence-electron chi connectivity index (χ4n) is 6.21. The first kappa shape index (κ1) is 33.4. The molecule has 2 saturated heterocycles. The van der Waals surface area contributed by atoms with Gasteiger partial charge < -0.3 is 19.9 Å². The number of alkyl halides is 2. The maximum atomic E-state index is 15.7. The Morgan fingerprint density at radius 2 is 1.91 bits per heavy atom. The Hall–Kier alpha value is -3.47. The third-order valence-corrected chi connectivity index (χ3v) is 9.02. The van der Waals surface area contributed by atoms with E-state index in [4.69, 9.17) is 4.74 Å². The molecule has 2 aromatic rings. The number of nitrogens with one attached hydrogen (secondary N) is 1. The topological polar surface area (TPSA) is 82.4 Å². The summed E-state index contributed by atoms with van der Waals surface area (Å²) in [6.07, 6.45) is 1.43. The van der Waals surface area contributed by atoms with Gasteiger partial charge in [0.1, 0.15) is 11.7 Å². The number of ether oxygens (including phenoxy) is 1. The summed E-state index contributed by atoms with van der Waals surface area (Å²) in [5, 5.41) is 3.21. The van der Waals surface area contributed by atoms with E-state index in [2.05, 4.69) is 45.8 Å². The normalized spacial score (nSPS) is 17.9. The molecule has 0 unspecified atom stereocenters. The van der Waals surface area contributed by atoms with Gasteiger partial charge in [0.25, 0.3) is 5.92 Å². The number of hydrogen-bond donors (Lipinski definition) is 1. The first-order valence-electron chi connectivity index (χ1n) is 15.4. The number of aliphatic imine (C=N–C) groups is 2. The maximum absolute atomic E-state index is 15.7. The number of halogens is 3. The number of hydrogen-bond acceptors (Lipinski definition) is 6. The van der Waals surface area contributed by atoms with Crippen LogP contribution >= 0.6 is 0 Å². The van der Waals surface area contributed by atoms with E-state index in [0.29, 0.717) is 42.8 Å². The van der Waals surface area contributed by atoms with E-state index in [0.717, 1.165) is 31.5 Å². The fourth-order valence-corrected chi connectivity index (χ4v) is 6.21. The minimum Gasteiger partial charge on any atom is -0.481 e. The number of amides is 1. The SMILES string of the molecule is C=Nc1nc(OC)c(C2CCN(C(C)=O)CC2)cc1C(=NC)N[C@H](C)c1cccc(C(F)(F)CCC2CN(C(C)C)C2)c1F. The molecule has 2 aliphatic heterocycles. The van der Waals surface area contributed by atoms with Crippen LogP contribution in [0.5, 0.6) is 5.88 Å². The molecule has 2 fully saturated rings. The molecule has 1 N–H and O–H groups in total. The Labute approximate surface area is 258 Å². The predicted octanol–water partition coefficient (Wildman–Crippen LogP) is 6.23. The minimum absolute atomic E-state index is 0.0458. The van der Waals surface area contributed by atoms with Crippen LogP contribution in [-0.4, -0.2) is 79.6 Å². The molecule has 11 heteroatoms. The number of benzene rings is 1. The average Bonchev–Trinajstić information content (AvgIpc) is 2.98. The number of carbonyl (C=O) groups excluding carboxylic acids is 1. The van der Waals surface area contributed by atoms with Gasteiger partial charge in [-0.05, 0) is 64.7 Å². The lowest BCUT2D eigenvalue weighted by molar-refractivity contribution is -0.129. The molecule has 1 aromatic heterocycles. The molecule has 8 nitrogen and oxygen atoms in total. The molecule has 1 amide bonds. The highest BCUT2D eigenvalue weighted by Crippen LogP contribution is 2.40. The van der Waals surface area contributed by atoms with Crippen molar-refractivity contribution in [2.45, 2.75) is 77.3 Å². The van der Waals surface area contributed by atoms with Crippen LogP contribution in [0.4, 0.5) is 19.0 Å². The number of aromatic nitrogens is 1. The lowest BCUT2D eigenvalue weighted by Gasteiger charge is -2.42. The Morgan fingerprint density at radius 3 is 2.48 bits per heavy atom. The van der Waals surface area contributed by atoms with Crippen LogP contribution in [0, 0.1) is 11.7 Å². The van der Waals surface area contributed by atoms with E-state index in [9.17, 15) is 4.79 Å². The zero-order chi connectivity index (χ0) is 32.2. The summed E-state index contributed by atoms with van der Waals surface area (Å²) in [6, 6.07) is 5.77. The van der Waals surface area contributed by atoms with E-state index in [1.54, 1.807) is 20.9 Å². The highest BCUT2D eigenvalue weighted by Gasteiger charge is 2.38. The summed E-state index contributed by atoms with van der Waals surface area (Å²) in [4.78, 5) is 29.0. The number of likely N-dealkylation sites (tertiary alicyclic amines) is 2. The number of rotatable bonds is 11. The molecule has 2 aliphatic rings. The molecular weight excluding hydrogens is 569 g/mol. The van der Waals surface area contributed by atoms with Gasteiger partial charge in [-0.2, -0.15) is 4.98 Å². The van der Waals surface area contributed by atoms with Crippen molar-refractivity contribution >= 4 is 24.3 Å². The summed E-state index contributed by atoms with van der Waals surface area (Å²) in [5.74, 6) is -2.80. The number of nitrogens with zero attached hydrogens (tertiary/aromatic N) is 5. The summed E-state index contributed by atoms with van der Waals surface area (Å²) in [7, 11) is 3.12. The molecule has 44 heavy (non-hydrogen) atoms. The molecule has 0 saturated carbocycles. The van der Waals surface area contributed by atoms with Crippen molar-refractivity contribution in [1.82, 2.24) is 20.1 Å². The second-order valence-corrected chi connectivity index (χ2v) is 12.2. The van der Waals surface area contributed by atoms with Gasteiger partial charge in [-0.1, -0.05) is 18.2 Å². The quantitative estimate of drug-likeness (QED) is 0.240. The van der Waals surface area contributed by atoms with Gasteiger partial charge in [0.2, 0.25) is 11.8 Å². The second kappa shape index (κ2) is 14.1. The molecule has 0 aliphatic carbocycles. The molecular formula is C33H45F3N6O2. The Bertz CT molecular complexity index is 1370. The summed E-state index contributed by atoms with van der Waals surface area (Å²) < 4.78 is 52.0. The molecule has 4 rings (SSSR count). The minimum atomic E-state index is -3.29. The maximum Gasteiger partial charge on any atom is 0.276 e. The molecule has 1 atom stereocenters. The average molecular weight is 615 g/mol. The van der Waals surface area contributed by atoms with Crippen molar-refractivity contribution in [3.05, 3.63) is 52.3 Å². The van der Waals surface area contributed by atoms with Crippen LogP contribution in [0.15, 0.2) is 34.3 Å². The van der Waals surface area contributed by atoms with Crippen LogP contribution in [0.2, 0.25) is 0 Å². The van der Waals surface area contributed by atoms with Crippen molar-refractivity contribution in [2.75, 3.05) is 40.3 Å². The van der Waals surface area contributed by atoms with E-state index >= 15 is 13.2 Å². The molecule has 1 aromatic carbocycles. The van der Waals surface area contributed by atoms with E-state index < -0.39 is 29.8 Å². The van der Waals surface area contributed by atoms with Gasteiger partial charge in [-0.15, -0.1) is 0 Å². The van der Waals surface area contributed by atoms with Crippen LogP contribution in [0.25, 0.3) is 0 Å². The summed E-state index contributed by atoms with van der Waals surface area (Å²) >= 11 is 0. The van der Waals surface area contributed by atoms with Crippen LogP contribution in [0.3, 0.4) is 0 Å². The van der Waals surface area contributed by atoms with Gasteiger partial charge >= 0.3 is 0 Å². The molecule has 240 valence electrons. The van der Waals surface area contributed by atoms with Crippen molar-refractivity contribution < 1.29 is 22.7 Å². The Balaban J connectivity index is 1.54. The monoisotopic (exact) mass is 614 g/mol. The predicted molar refractivity (Wildman–Crippen MR) is 168 cm³/mol. The molecule has 0 bridgehead atoms. The first-order chi connectivity index (χ1) is 20.9. The number of carbonyl (C=O) groups is 1. The number of amidine groups is 1. The van der Waals surface area contributed by atoms with Crippen LogP contribution < -0.4 is 10.1 Å². The second-order valence-electron chi connectivity index (χ2n) is 12.2. The van der Waals surface area contributed by atoms with E-state index in [-0.39, 0.29) is 29.1 Å².